The number of imidazole rings is 2. The van der Waals surface area contributed by atoms with Crippen molar-refractivity contribution in [3.05, 3.63) is 194 Å². The van der Waals surface area contributed by atoms with Crippen LogP contribution in [-0.4, -0.2) is 28.5 Å². The summed E-state index contributed by atoms with van der Waals surface area (Å²) in [6, 6.07) is 68.4. The summed E-state index contributed by atoms with van der Waals surface area (Å²) in [5.74, 6) is 1.51. The molecule has 6 heteroatoms. The molecule has 0 aliphatic heterocycles. The third kappa shape index (κ3) is 4.87. The predicted molar refractivity (Wildman–Crippen MR) is 233 cm³/mol. The molecule has 0 fully saturated rings. The van der Waals surface area contributed by atoms with E-state index in [1.54, 1.807) is 0 Å². The SMILES string of the molecule is c1ccc(-c2ccc3nc4n(-c5ccc6c(c5)c5ccccc5n6-c5nc(-c6ccccc6)c6ccccc6n5)c5ccc(-c6ccccc6)cc5n4c3c2)cc1. The van der Waals surface area contributed by atoms with E-state index < -0.39 is 0 Å². The molecule has 4 heterocycles. The van der Waals surface area contributed by atoms with Crippen molar-refractivity contribution in [1.29, 1.82) is 0 Å². The minimum absolute atomic E-state index is 0.641. The summed E-state index contributed by atoms with van der Waals surface area (Å²) in [5, 5.41) is 3.27. The van der Waals surface area contributed by atoms with Gasteiger partial charge in [-0.3, -0.25) is 13.5 Å². The molecule has 0 bridgehead atoms. The van der Waals surface area contributed by atoms with E-state index >= 15 is 0 Å². The molecular weight excluding hydrogens is 697 g/mol. The van der Waals surface area contributed by atoms with Crippen LogP contribution in [0.25, 0.3) is 106 Å². The Hall–Kier alpha value is -7.83. The van der Waals surface area contributed by atoms with Crippen LogP contribution in [-0.2, 0) is 0 Å². The molecule has 0 radical (unpaired) electrons. The lowest BCUT2D eigenvalue weighted by atomic mass is 10.0. The Morgan fingerprint density at radius 2 is 0.912 bits per heavy atom. The van der Waals surface area contributed by atoms with Gasteiger partial charge in [0.1, 0.15) is 0 Å². The van der Waals surface area contributed by atoms with Crippen molar-refractivity contribution >= 4 is 60.6 Å². The minimum Gasteiger partial charge on any atom is -0.278 e. The maximum Gasteiger partial charge on any atom is 0.235 e. The zero-order valence-corrected chi connectivity index (χ0v) is 30.7. The molecule has 0 saturated heterocycles. The highest BCUT2D eigenvalue weighted by molar-refractivity contribution is 6.10. The zero-order chi connectivity index (χ0) is 37.5. The van der Waals surface area contributed by atoms with Gasteiger partial charge in [-0.05, 0) is 76.9 Å². The monoisotopic (exact) mass is 728 g/mol. The summed E-state index contributed by atoms with van der Waals surface area (Å²) in [5.41, 5.74) is 14.9. The van der Waals surface area contributed by atoms with Gasteiger partial charge in [0.2, 0.25) is 11.7 Å². The van der Waals surface area contributed by atoms with Crippen LogP contribution < -0.4 is 0 Å². The van der Waals surface area contributed by atoms with Gasteiger partial charge in [-0.25, -0.2) is 15.0 Å². The van der Waals surface area contributed by atoms with Crippen molar-refractivity contribution in [1.82, 2.24) is 28.5 Å². The van der Waals surface area contributed by atoms with Gasteiger partial charge in [-0.15, -0.1) is 0 Å². The quantitative estimate of drug-likeness (QED) is 0.177. The lowest BCUT2D eigenvalue weighted by Crippen LogP contribution is -2.03. The second-order valence-electron chi connectivity index (χ2n) is 14.5. The van der Waals surface area contributed by atoms with Gasteiger partial charge in [0, 0.05) is 27.4 Å². The summed E-state index contributed by atoms with van der Waals surface area (Å²) < 4.78 is 6.83. The topological polar surface area (TPSA) is 52.9 Å². The molecule has 12 aromatic rings. The van der Waals surface area contributed by atoms with E-state index in [9.17, 15) is 0 Å². The molecule has 0 amide bonds. The van der Waals surface area contributed by atoms with E-state index in [1.165, 1.54) is 11.1 Å². The Kier molecular flexibility index (Phi) is 6.83. The Bertz CT molecular complexity index is 3510. The fraction of sp³-hybridized carbons (Fsp3) is 0. The van der Waals surface area contributed by atoms with Crippen LogP contribution >= 0.6 is 0 Å². The molecule has 0 aliphatic rings. The largest absolute Gasteiger partial charge is 0.278 e. The van der Waals surface area contributed by atoms with E-state index in [0.717, 1.165) is 88.6 Å². The lowest BCUT2D eigenvalue weighted by Gasteiger charge is -2.12. The van der Waals surface area contributed by atoms with Gasteiger partial charge in [0.25, 0.3) is 0 Å². The maximum absolute atomic E-state index is 5.33. The Morgan fingerprint density at radius 1 is 0.316 bits per heavy atom. The number of benzene rings is 8. The van der Waals surface area contributed by atoms with Crippen LogP contribution in [0.3, 0.4) is 0 Å². The van der Waals surface area contributed by atoms with Crippen molar-refractivity contribution in [3.8, 4) is 45.1 Å². The predicted octanol–water partition coefficient (Wildman–Crippen LogP) is 12.5. The first-order valence-electron chi connectivity index (χ1n) is 19.2. The average molecular weight is 729 g/mol. The first-order chi connectivity index (χ1) is 28.3. The van der Waals surface area contributed by atoms with Gasteiger partial charge >= 0.3 is 0 Å². The normalized spacial score (nSPS) is 11.9. The maximum atomic E-state index is 5.33. The summed E-state index contributed by atoms with van der Waals surface area (Å²) in [4.78, 5) is 15.8. The van der Waals surface area contributed by atoms with Gasteiger partial charge in [-0.2, -0.15) is 0 Å². The fourth-order valence-electron chi connectivity index (χ4n) is 8.62. The smallest absolute Gasteiger partial charge is 0.235 e. The van der Waals surface area contributed by atoms with E-state index in [2.05, 4.69) is 196 Å². The third-order valence-electron chi connectivity index (χ3n) is 11.3. The van der Waals surface area contributed by atoms with Crippen molar-refractivity contribution in [2.75, 3.05) is 0 Å². The van der Waals surface area contributed by atoms with Gasteiger partial charge < -0.3 is 0 Å². The molecule has 57 heavy (non-hydrogen) atoms. The van der Waals surface area contributed by atoms with Crippen LogP contribution in [0, 0.1) is 0 Å². The third-order valence-corrected chi connectivity index (χ3v) is 11.3. The highest BCUT2D eigenvalue weighted by atomic mass is 15.2. The molecule has 0 spiro atoms. The Morgan fingerprint density at radius 3 is 1.67 bits per heavy atom. The highest BCUT2D eigenvalue weighted by Gasteiger charge is 2.22. The summed E-state index contributed by atoms with van der Waals surface area (Å²) >= 11 is 0. The van der Waals surface area contributed by atoms with Crippen molar-refractivity contribution in [3.63, 3.8) is 0 Å². The van der Waals surface area contributed by atoms with E-state index in [-0.39, 0.29) is 0 Å². The van der Waals surface area contributed by atoms with Gasteiger partial charge in [0.05, 0.1) is 44.3 Å². The lowest BCUT2D eigenvalue weighted by molar-refractivity contribution is 1.01. The molecule has 0 aliphatic carbocycles. The molecule has 8 aromatic carbocycles. The van der Waals surface area contributed by atoms with E-state index in [0.29, 0.717) is 5.95 Å². The minimum atomic E-state index is 0.641. The fourth-order valence-corrected chi connectivity index (χ4v) is 8.62. The van der Waals surface area contributed by atoms with Gasteiger partial charge in [-0.1, -0.05) is 140 Å². The van der Waals surface area contributed by atoms with Crippen LogP contribution in [0.1, 0.15) is 0 Å². The number of hydrogen-bond acceptors (Lipinski definition) is 3. The summed E-state index contributed by atoms with van der Waals surface area (Å²) in [7, 11) is 0. The summed E-state index contributed by atoms with van der Waals surface area (Å²) in [6.45, 7) is 0. The zero-order valence-electron chi connectivity index (χ0n) is 30.7. The van der Waals surface area contributed by atoms with Crippen molar-refractivity contribution < 1.29 is 0 Å². The Balaban J connectivity index is 1.11. The molecule has 4 aromatic heterocycles. The number of nitrogens with zero attached hydrogens (tertiary/aromatic N) is 6. The number of rotatable bonds is 5. The number of hydrogen-bond donors (Lipinski definition) is 0. The second kappa shape index (κ2) is 12.3. The molecule has 0 N–H and O–H groups in total. The standard InChI is InChI=1S/C51H32N6/c1-4-14-33(15-5-1)36-24-27-43-47(30-36)57-48-31-37(34-16-6-2-7-17-34)25-28-46(48)55(51(57)53-43)38-26-29-45-41(32-38)39-20-11-13-23-44(39)56(45)50-52-42-22-12-10-21-40(42)49(54-50)35-18-8-3-9-19-35/h1-32H. The number of aromatic nitrogens is 6. The average Bonchev–Trinajstić information content (AvgIpc) is 3.93. The van der Waals surface area contributed by atoms with E-state index in [1.807, 2.05) is 12.1 Å². The molecule has 6 nitrogen and oxygen atoms in total. The second-order valence-corrected chi connectivity index (χ2v) is 14.5. The molecular formula is C51H32N6. The van der Waals surface area contributed by atoms with Crippen molar-refractivity contribution in [2.24, 2.45) is 0 Å². The van der Waals surface area contributed by atoms with Crippen LogP contribution in [0.5, 0.6) is 0 Å². The van der Waals surface area contributed by atoms with Crippen LogP contribution in [0.15, 0.2) is 194 Å². The first kappa shape index (κ1) is 31.5. The molecule has 0 atom stereocenters. The first-order valence-corrected chi connectivity index (χ1v) is 19.2. The van der Waals surface area contributed by atoms with Gasteiger partial charge in [0.15, 0.2) is 0 Å². The van der Waals surface area contributed by atoms with E-state index in [4.69, 9.17) is 15.0 Å². The molecule has 266 valence electrons. The summed E-state index contributed by atoms with van der Waals surface area (Å²) in [6.07, 6.45) is 0. The molecule has 0 unspecified atom stereocenters. The molecule has 12 rings (SSSR count). The number of para-hydroxylation sites is 2. The van der Waals surface area contributed by atoms with Crippen molar-refractivity contribution in [2.45, 2.75) is 0 Å². The van der Waals surface area contributed by atoms with Crippen LogP contribution in [0.2, 0.25) is 0 Å². The number of fused-ring (bicyclic) bond motifs is 9. The highest BCUT2D eigenvalue weighted by Crippen LogP contribution is 2.38. The van der Waals surface area contributed by atoms with Crippen LogP contribution in [0.4, 0.5) is 0 Å². The Labute approximate surface area is 327 Å². The molecule has 0 saturated carbocycles.